The summed E-state index contributed by atoms with van der Waals surface area (Å²) in [5.41, 5.74) is 0.0938. The Kier molecular flexibility index (Phi) is 2.07. The van der Waals surface area contributed by atoms with E-state index in [9.17, 15) is 0 Å². The first-order valence-corrected chi connectivity index (χ1v) is 4.00. The van der Waals surface area contributed by atoms with Crippen LogP contribution in [0.2, 0.25) is 0 Å². The Balaban J connectivity index is 4.75. The van der Waals surface area contributed by atoms with Crippen LogP contribution < -0.4 is 0 Å². The van der Waals surface area contributed by atoms with Gasteiger partial charge in [-0.3, -0.25) is 0 Å². The van der Waals surface area contributed by atoms with Gasteiger partial charge < -0.3 is 0 Å². The molecule has 0 saturated heterocycles. The summed E-state index contributed by atoms with van der Waals surface area (Å²) in [4.78, 5) is 0. The fourth-order valence-corrected chi connectivity index (χ4v) is 1.12. The molecular weight excluding hydrogens is 120 g/mol. The fraction of sp³-hybridized carbons (Fsp3) is 1.00. The molecule has 0 heterocycles. The first-order chi connectivity index (χ1) is 4.50. The van der Waals surface area contributed by atoms with E-state index in [4.69, 9.17) is 1.37 Å². The highest BCUT2D eigenvalue weighted by atomic mass is 14.4. The minimum absolute atomic E-state index is 0.0469. The summed E-state index contributed by atoms with van der Waals surface area (Å²) in [6.45, 7) is 14.8. The molecule has 0 aliphatic carbocycles. The van der Waals surface area contributed by atoms with Crippen molar-refractivity contribution in [3.05, 3.63) is 0 Å². The standard InChI is InChI=1S/C10H22/c1-8(9(2,3)4)10(5,6)7/h8H,1-7H3/i8D. The molecule has 0 fully saturated rings. The quantitative estimate of drug-likeness (QED) is 0.485. The Bertz CT molecular complexity index is 116. The number of hydrogen-bond donors (Lipinski definition) is 0. The molecule has 0 saturated carbocycles. The molecule has 0 bridgehead atoms. The van der Waals surface area contributed by atoms with E-state index in [1.54, 1.807) is 0 Å². The third-order valence-corrected chi connectivity index (χ3v) is 2.25. The minimum Gasteiger partial charge on any atom is -0.0615 e. The second-order valence-electron chi connectivity index (χ2n) is 5.12. The molecular formula is C10H22. The SMILES string of the molecule is [2H]C(C)(C(C)(C)C)C(C)(C)C. The van der Waals surface area contributed by atoms with E-state index in [0.29, 0.717) is 0 Å². The zero-order chi connectivity index (χ0) is 9.50. The smallest absolute Gasteiger partial charge is 0.0311 e. The molecule has 0 aromatic heterocycles. The van der Waals surface area contributed by atoms with E-state index in [0.717, 1.165) is 0 Å². The summed E-state index contributed by atoms with van der Waals surface area (Å²) in [5, 5.41) is 0. The van der Waals surface area contributed by atoms with E-state index < -0.39 is 0 Å². The molecule has 0 unspecified atom stereocenters. The van der Waals surface area contributed by atoms with Gasteiger partial charge in [0.05, 0.1) is 0 Å². The van der Waals surface area contributed by atoms with Gasteiger partial charge in [-0.1, -0.05) is 48.5 Å². The zero-order valence-electron chi connectivity index (χ0n) is 9.50. The molecule has 0 nitrogen and oxygen atoms in total. The molecule has 0 heteroatoms. The molecule has 62 valence electrons. The van der Waals surface area contributed by atoms with Crippen LogP contribution in [0.4, 0.5) is 0 Å². The summed E-state index contributed by atoms with van der Waals surface area (Å²) < 4.78 is 8.23. The van der Waals surface area contributed by atoms with Crippen molar-refractivity contribution >= 4 is 0 Å². The molecule has 0 N–H and O–H groups in total. The molecule has 0 aromatic rings. The van der Waals surface area contributed by atoms with Crippen molar-refractivity contribution in [3.8, 4) is 0 Å². The van der Waals surface area contributed by atoms with Crippen LogP contribution in [0.3, 0.4) is 0 Å². The molecule has 0 aliphatic heterocycles. The summed E-state index contributed by atoms with van der Waals surface area (Å²) in [5.74, 6) is -0.375. The lowest BCUT2D eigenvalue weighted by molar-refractivity contribution is 0.121. The summed E-state index contributed by atoms with van der Waals surface area (Å²) >= 11 is 0. The van der Waals surface area contributed by atoms with Crippen LogP contribution in [0.15, 0.2) is 0 Å². The van der Waals surface area contributed by atoms with Gasteiger partial charge in [0.2, 0.25) is 0 Å². The van der Waals surface area contributed by atoms with E-state index in [1.807, 2.05) is 6.92 Å². The van der Waals surface area contributed by atoms with Crippen molar-refractivity contribution in [2.75, 3.05) is 0 Å². The van der Waals surface area contributed by atoms with Crippen molar-refractivity contribution in [1.82, 2.24) is 0 Å². The normalized spacial score (nSPS) is 16.9. The lowest BCUT2D eigenvalue weighted by Gasteiger charge is -2.38. The zero-order valence-corrected chi connectivity index (χ0v) is 8.50. The highest BCUT2D eigenvalue weighted by Gasteiger charge is 2.30. The largest absolute Gasteiger partial charge is 0.0615 e. The van der Waals surface area contributed by atoms with Crippen LogP contribution >= 0.6 is 0 Å². The molecule has 0 rings (SSSR count). The predicted molar refractivity (Wildman–Crippen MR) is 48.1 cm³/mol. The Labute approximate surface area is 67.4 Å². The second kappa shape index (κ2) is 2.56. The topological polar surface area (TPSA) is 0 Å². The molecule has 0 amide bonds. The first kappa shape index (κ1) is 8.10. The van der Waals surface area contributed by atoms with Crippen molar-refractivity contribution < 1.29 is 1.37 Å². The molecule has 10 heavy (non-hydrogen) atoms. The Morgan fingerprint density at radius 3 is 1.10 bits per heavy atom. The lowest BCUT2D eigenvalue weighted by Crippen LogP contribution is -2.29. The van der Waals surface area contributed by atoms with Crippen molar-refractivity contribution in [3.63, 3.8) is 0 Å². The number of rotatable bonds is 0. The number of hydrogen-bond acceptors (Lipinski definition) is 0. The predicted octanol–water partition coefficient (Wildman–Crippen LogP) is 3.71. The van der Waals surface area contributed by atoms with Gasteiger partial charge in [-0.05, 0) is 16.7 Å². The van der Waals surface area contributed by atoms with Crippen molar-refractivity contribution in [1.29, 1.82) is 0 Å². The highest BCUT2D eigenvalue weighted by Crippen LogP contribution is 2.38. The van der Waals surface area contributed by atoms with Crippen LogP contribution in [0.1, 0.15) is 49.8 Å². The van der Waals surface area contributed by atoms with Crippen LogP contribution in [-0.4, -0.2) is 0 Å². The summed E-state index contributed by atoms with van der Waals surface area (Å²) in [6.07, 6.45) is 0. The maximum atomic E-state index is 8.23. The molecule has 0 aromatic carbocycles. The van der Waals surface area contributed by atoms with Crippen LogP contribution in [0.5, 0.6) is 0 Å². The Morgan fingerprint density at radius 1 is 0.900 bits per heavy atom. The molecule has 0 atom stereocenters. The van der Waals surface area contributed by atoms with Crippen molar-refractivity contribution in [2.24, 2.45) is 16.7 Å². The third kappa shape index (κ3) is 2.72. The van der Waals surface area contributed by atoms with Gasteiger partial charge in [0, 0.05) is 1.37 Å². The summed E-state index contributed by atoms with van der Waals surface area (Å²) in [6, 6.07) is 0. The van der Waals surface area contributed by atoms with Gasteiger partial charge in [0.1, 0.15) is 0 Å². The maximum absolute atomic E-state index is 8.23. The molecule has 0 aliphatic rings. The maximum Gasteiger partial charge on any atom is 0.0311 e. The average molecular weight is 143 g/mol. The second-order valence-corrected chi connectivity index (χ2v) is 5.12. The van der Waals surface area contributed by atoms with Crippen LogP contribution in [0, 0.1) is 16.7 Å². The van der Waals surface area contributed by atoms with Crippen molar-refractivity contribution in [2.45, 2.75) is 48.5 Å². The Hall–Kier alpha value is 0. The van der Waals surface area contributed by atoms with Gasteiger partial charge in [0.15, 0.2) is 0 Å². The van der Waals surface area contributed by atoms with Crippen LogP contribution in [0.25, 0.3) is 0 Å². The van der Waals surface area contributed by atoms with Gasteiger partial charge in [-0.25, -0.2) is 0 Å². The first-order valence-electron chi connectivity index (χ1n) is 4.50. The van der Waals surface area contributed by atoms with Crippen LogP contribution in [-0.2, 0) is 0 Å². The van der Waals surface area contributed by atoms with E-state index in [2.05, 4.69) is 41.5 Å². The average Bonchev–Trinajstić information content (AvgIpc) is 1.58. The summed E-state index contributed by atoms with van der Waals surface area (Å²) in [7, 11) is 0. The Morgan fingerprint density at radius 2 is 1.10 bits per heavy atom. The van der Waals surface area contributed by atoms with Gasteiger partial charge >= 0.3 is 0 Å². The third-order valence-electron chi connectivity index (χ3n) is 2.25. The fourth-order valence-electron chi connectivity index (χ4n) is 1.12. The van der Waals surface area contributed by atoms with E-state index in [1.165, 1.54) is 0 Å². The van der Waals surface area contributed by atoms with Gasteiger partial charge in [-0.15, -0.1) is 0 Å². The minimum atomic E-state index is -0.375. The highest BCUT2D eigenvalue weighted by molar-refractivity contribution is 4.79. The van der Waals surface area contributed by atoms with E-state index in [-0.39, 0.29) is 16.7 Å². The monoisotopic (exact) mass is 143 g/mol. The lowest BCUT2D eigenvalue weighted by atomic mass is 9.68. The molecule has 0 spiro atoms. The molecule has 0 radical (unpaired) electrons. The van der Waals surface area contributed by atoms with Gasteiger partial charge in [0.25, 0.3) is 0 Å². The van der Waals surface area contributed by atoms with Gasteiger partial charge in [-0.2, -0.15) is 0 Å². The van der Waals surface area contributed by atoms with E-state index >= 15 is 0 Å².